The van der Waals surface area contributed by atoms with Crippen LogP contribution in [0.3, 0.4) is 0 Å². The van der Waals surface area contributed by atoms with Gasteiger partial charge in [0.15, 0.2) is 21.3 Å². The lowest BCUT2D eigenvalue weighted by molar-refractivity contribution is 0.171. The number of benzene rings is 1. The highest BCUT2D eigenvalue weighted by atomic mass is 32.2. The molecule has 9 heteroatoms. The molecule has 0 bridgehead atoms. The van der Waals surface area contributed by atoms with Crippen molar-refractivity contribution >= 4 is 19.9 Å². The Morgan fingerprint density at radius 3 is 2.59 bits per heavy atom. The molecule has 122 valence electrons. The summed E-state index contributed by atoms with van der Waals surface area (Å²) in [5, 5.41) is 0. The Bertz CT molecular complexity index is 772. The van der Waals surface area contributed by atoms with Gasteiger partial charge in [0.2, 0.25) is 10.0 Å². The third kappa shape index (κ3) is 3.36. The van der Waals surface area contributed by atoms with E-state index in [4.69, 9.17) is 9.47 Å². The van der Waals surface area contributed by atoms with E-state index in [2.05, 4.69) is 4.72 Å². The normalized spacial score (nSPS) is 23.4. The molecule has 22 heavy (non-hydrogen) atoms. The van der Waals surface area contributed by atoms with Crippen LogP contribution in [-0.2, 0) is 19.9 Å². The predicted octanol–water partition coefficient (Wildman–Crippen LogP) is 0.171. The number of hydrogen-bond donors (Lipinski definition) is 1. The Hall–Kier alpha value is -1.32. The summed E-state index contributed by atoms with van der Waals surface area (Å²) < 4.78 is 60.5. The molecule has 1 N–H and O–H groups in total. The van der Waals surface area contributed by atoms with Gasteiger partial charge in [-0.25, -0.2) is 21.6 Å². The molecule has 1 atom stereocenters. The summed E-state index contributed by atoms with van der Waals surface area (Å²) in [6, 6.07) is 4.42. The zero-order valence-electron chi connectivity index (χ0n) is 11.8. The van der Waals surface area contributed by atoms with Crippen LogP contribution in [-0.4, -0.2) is 48.1 Å². The summed E-state index contributed by atoms with van der Waals surface area (Å²) in [4.78, 5) is 0.0811. The highest BCUT2D eigenvalue weighted by Gasteiger charge is 2.29. The molecular formula is C13H17NO6S2. The van der Waals surface area contributed by atoms with Crippen molar-refractivity contribution in [2.24, 2.45) is 5.92 Å². The van der Waals surface area contributed by atoms with Gasteiger partial charge in [0.25, 0.3) is 0 Å². The zero-order valence-corrected chi connectivity index (χ0v) is 13.5. The number of fused-ring (bicyclic) bond motifs is 1. The maximum absolute atomic E-state index is 12.3. The predicted molar refractivity (Wildman–Crippen MR) is 79.4 cm³/mol. The Morgan fingerprint density at radius 1 is 1.18 bits per heavy atom. The standard InChI is InChI=1S/C13H17NO6S2/c15-21(16)6-3-10(9-21)8-14-22(17,18)11-1-2-12-13(7-11)20-5-4-19-12/h1-2,7,10,14H,3-6,8-9H2/t10-/m0/s1. The lowest BCUT2D eigenvalue weighted by Gasteiger charge is -2.19. The minimum Gasteiger partial charge on any atom is -0.486 e. The van der Waals surface area contributed by atoms with Crippen molar-refractivity contribution in [2.75, 3.05) is 31.3 Å². The van der Waals surface area contributed by atoms with Crippen molar-refractivity contribution in [3.63, 3.8) is 0 Å². The van der Waals surface area contributed by atoms with Crippen LogP contribution in [0.15, 0.2) is 23.1 Å². The average Bonchev–Trinajstić information content (AvgIpc) is 2.84. The van der Waals surface area contributed by atoms with E-state index in [1.54, 1.807) is 6.07 Å². The molecule has 0 aliphatic carbocycles. The van der Waals surface area contributed by atoms with Gasteiger partial charge in [-0.3, -0.25) is 0 Å². The fraction of sp³-hybridized carbons (Fsp3) is 0.538. The van der Waals surface area contributed by atoms with Crippen LogP contribution < -0.4 is 14.2 Å². The van der Waals surface area contributed by atoms with E-state index in [9.17, 15) is 16.8 Å². The van der Waals surface area contributed by atoms with Crippen molar-refractivity contribution in [3.05, 3.63) is 18.2 Å². The molecule has 2 aliphatic heterocycles. The fourth-order valence-electron chi connectivity index (χ4n) is 2.53. The molecule has 0 radical (unpaired) electrons. The Labute approximate surface area is 129 Å². The van der Waals surface area contributed by atoms with E-state index < -0.39 is 19.9 Å². The molecule has 1 fully saturated rings. The van der Waals surface area contributed by atoms with E-state index in [1.165, 1.54) is 12.1 Å². The van der Waals surface area contributed by atoms with Crippen LogP contribution in [0.25, 0.3) is 0 Å². The number of nitrogens with one attached hydrogen (secondary N) is 1. The van der Waals surface area contributed by atoms with Gasteiger partial charge in [-0.2, -0.15) is 0 Å². The lowest BCUT2D eigenvalue weighted by atomic mass is 10.1. The van der Waals surface area contributed by atoms with Crippen LogP contribution in [0.2, 0.25) is 0 Å². The SMILES string of the molecule is O=S1(=O)CC[C@@H](CNS(=O)(=O)c2ccc3c(c2)OCCO3)C1. The Kier molecular flexibility index (Phi) is 4.04. The van der Waals surface area contributed by atoms with E-state index in [1.807, 2.05) is 0 Å². The van der Waals surface area contributed by atoms with E-state index in [-0.39, 0.29) is 28.9 Å². The summed E-state index contributed by atoms with van der Waals surface area (Å²) >= 11 is 0. The second-order valence-electron chi connectivity index (χ2n) is 5.43. The van der Waals surface area contributed by atoms with Gasteiger partial charge < -0.3 is 9.47 Å². The third-order valence-corrected chi connectivity index (χ3v) is 6.97. The second-order valence-corrected chi connectivity index (χ2v) is 9.42. The molecular weight excluding hydrogens is 330 g/mol. The summed E-state index contributed by atoms with van der Waals surface area (Å²) in [5.41, 5.74) is 0. The Balaban J connectivity index is 1.70. The number of sulfone groups is 1. The van der Waals surface area contributed by atoms with Crippen LogP contribution >= 0.6 is 0 Å². The first-order valence-electron chi connectivity index (χ1n) is 6.95. The molecule has 1 aromatic rings. The summed E-state index contributed by atoms with van der Waals surface area (Å²) in [6.45, 7) is 0.938. The van der Waals surface area contributed by atoms with Gasteiger partial charge in [0.1, 0.15) is 13.2 Å². The second kappa shape index (κ2) is 5.71. The van der Waals surface area contributed by atoms with Crippen LogP contribution in [0.1, 0.15) is 6.42 Å². The smallest absolute Gasteiger partial charge is 0.240 e. The first kappa shape index (κ1) is 15.6. The minimum atomic E-state index is -3.70. The van der Waals surface area contributed by atoms with Gasteiger partial charge in [-0.1, -0.05) is 0 Å². The molecule has 2 aliphatic rings. The van der Waals surface area contributed by atoms with Crippen molar-refractivity contribution in [2.45, 2.75) is 11.3 Å². The molecule has 0 aromatic heterocycles. The highest BCUT2D eigenvalue weighted by Crippen LogP contribution is 2.32. The molecule has 1 aromatic carbocycles. The average molecular weight is 347 g/mol. The van der Waals surface area contributed by atoms with Gasteiger partial charge in [0.05, 0.1) is 16.4 Å². The Morgan fingerprint density at radius 2 is 1.91 bits per heavy atom. The maximum atomic E-state index is 12.3. The van der Waals surface area contributed by atoms with Crippen molar-refractivity contribution in [3.8, 4) is 11.5 Å². The molecule has 0 amide bonds. The fourth-order valence-corrected chi connectivity index (χ4v) is 5.53. The van der Waals surface area contributed by atoms with Crippen molar-refractivity contribution in [1.29, 1.82) is 0 Å². The lowest BCUT2D eigenvalue weighted by Crippen LogP contribution is -2.30. The first-order valence-corrected chi connectivity index (χ1v) is 10.3. The van der Waals surface area contributed by atoms with E-state index in [0.717, 1.165) is 0 Å². The molecule has 2 heterocycles. The topological polar surface area (TPSA) is 98.8 Å². The monoisotopic (exact) mass is 347 g/mol. The summed E-state index contributed by atoms with van der Waals surface area (Å²) in [5.74, 6) is 0.918. The van der Waals surface area contributed by atoms with Crippen LogP contribution in [0, 0.1) is 5.92 Å². The number of sulfonamides is 1. The van der Waals surface area contributed by atoms with Gasteiger partial charge in [-0.15, -0.1) is 0 Å². The quantitative estimate of drug-likeness (QED) is 0.834. The molecule has 1 saturated heterocycles. The maximum Gasteiger partial charge on any atom is 0.240 e. The van der Waals surface area contributed by atoms with E-state index in [0.29, 0.717) is 31.1 Å². The highest BCUT2D eigenvalue weighted by molar-refractivity contribution is 7.91. The molecule has 0 unspecified atom stereocenters. The van der Waals surface area contributed by atoms with Crippen molar-refractivity contribution in [1.82, 2.24) is 4.72 Å². The van der Waals surface area contributed by atoms with Crippen molar-refractivity contribution < 1.29 is 26.3 Å². The summed E-state index contributed by atoms with van der Waals surface area (Å²) in [6.07, 6.45) is 0.492. The van der Waals surface area contributed by atoms with Crippen LogP contribution in [0.5, 0.6) is 11.5 Å². The van der Waals surface area contributed by atoms with Gasteiger partial charge in [0, 0.05) is 12.6 Å². The minimum absolute atomic E-state index is 0.0384. The number of rotatable bonds is 4. The number of ether oxygens (including phenoxy) is 2. The van der Waals surface area contributed by atoms with Gasteiger partial charge in [-0.05, 0) is 24.5 Å². The molecule has 3 rings (SSSR count). The molecule has 0 saturated carbocycles. The zero-order chi connectivity index (χ0) is 15.8. The number of hydrogen-bond acceptors (Lipinski definition) is 6. The van der Waals surface area contributed by atoms with Gasteiger partial charge >= 0.3 is 0 Å². The largest absolute Gasteiger partial charge is 0.486 e. The first-order chi connectivity index (χ1) is 10.4. The van der Waals surface area contributed by atoms with Crippen LogP contribution in [0.4, 0.5) is 0 Å². The molecule has 7 nitrogen and oxygen atoms in total. The van der Waals surface area contributed by atoms with E-state index >= 15 is 0 Å². The summed E-state index contributed by atoms with van der Waals surface area (Å²) in [7, 11) is -6.71. The molecule has 0 spiro atoms. The third-order valence-electron chi connectivity index (χ3n) is 3.71.